The fourth-order valence-electron chi connectivity index (χ4n) is 2.10. The molecule has 0 spiro atoms. The van der Waals surface area contributed by atoms with Crippen molar-refractivity contribution in [3.05, 3.63) is 10.6 Å². The minimum Gasteiger partial charge on any atom is -0.379 e. The first-order valence-corrected chi connectivity index (χ1v) is 8.48. The van der Waals surface area contributed by atoms with Crippen LogP contribution in [0.4, 0.5) is 5.13 Å². The van der Waals surface area contributed by atoms with Crippen LogP contribution in [-0.4, -0.2) is 38.8 Å². The third kappa shape index (κ3) is 4.72. The Bertz CT molecular complexity index is 380. The first kappa shape index (κ1) is 15.7. The highest BCUT2D eigenvalue weighted by Gasteiger charge is 2.21. The normalized spacial score (nSPS) is 14.8. The topological polar surface area (TPSA) is 37.4 Å². The number of hydrogen-bond donors (Lipinski definition) is 1. The van der Waals surface area contributed by atoms with Crippen LogP contribution in [0.1, 0.15) is 36.8 Å². The Morgan fingerprint density at radius 3 is 2.90 bits per heavy atom. The van der Waals surface area contributed by atoms with Crippen molar-refractivity contribution in [2.45, 2.75) is 39.2 Å². The molecule has 1 aromatic heterocycles. The van der Waals surface area contributed by atoms with Crippen molar-refractivity contribution < 1.29 is 4.74 Å². The van der Waals surface area contributed by atoms with Crippen molar-refractivity contribution in [2.75, 3.05) is 38.8 Å². The monoisotopic (exact) mass is 297 g/mol. The fraction of sp³-hybridized carbons (Fsp3) is 0.800. The minimum atomic E-state index is 0.803. The highest BCUT2D eigenvalue weighted by Crippen LogP contribution is 2.29. The molecule has 0 unspecified atom stereocenters. The lowest BCUT2D eigenvalue weighted by atomic mass is 10.2. The summed E-state index contributed by atoms with van der Waals surface area (Å²) in [4.78, 5) is 8.38. The molecular formula is C15H27N3OS. The smallest absolute Gasteiger partial charge is 0.185 e. The Labute approximate surface area is 126 Å². The number of hydrogen-bond acceptors (Lipinski definition) is 5. The Kier molecular flexibility index (Phi) is 6.26. The molecule has 0 amide bonds. The van der Waals surface area contributed by atoms with Crippen LogP contribution < -0.4 is 10.2 Å². The lowest BCUT2D eigenvalue weighted by Gasteiger charge is -2.15. The zero-order valence-corrected chi connectivity index (χ0v) is 13.8. The lowest BCUT2D eigenvalue weighted by Crippen LogP contribution is -2.22. The number of likely N-dealkylation sites (N-methyl/N-ethyl adjacent to an activating group) is 1. The van der Waals surface area contributed by atoms with Crippen molar-refractivity contribution in [1.82, 2.24) is 10.3 Å². The standard InChI is InChI=1S/C15H27N3OS/c1-4-5-13-14(10-16-2)20-15(17-13)18(3)8-9-19-11-12-6-7-12/h12,16H,4-11H2,1-3H3. The molecule has 1 aliphatic carbocycles. The molecular weight excluding hydrogens is 270 g/mol. The van der Waals surface area contributed by atoms with Crippen LogP contribution in [0, 0.1) is 5.92 Å². The molecule has 1 fully saturated rings. The van der Waals surface area contributed by atoms with Crippen molar-refractivity contribution in [3.63, 3.8) is 0 Å². The number of ether oxygens (including phenoxy) is 1. The number of thiazole rings is 1. The van der Waals surface area contributed by atoms with Crippen LogP contribution in [0.3, 0.4) is 0 Å². The molecule has 1 heterocycles. The Morgan fingerprint density at radius 2 is 2.25 bits per heavy atom. The summed E-state index contributed by atoms with van der Waals surface area (Å²) in [5.74, 6) is 0.846. The van der Waals surface area contributed by atoms with Crippen LogP contribution in [-0.2, 0) is 17.7 Å². The average molecular weight is 297 g/mol. The molecule has 0 radical (unpaired) electrons. The summed E-state index contributed by atoms with van der Waals surface area (Å²) < 4.78 is 5.70. The van der Waals surface area contributed by atoms with Gasteiger partial charge in [0.15, 0.2) is 5.13 Å². The second kappa shape index (κ2) is 7.96. The van der Waals surface area contributed by atoms with Crippen molar-refractivity contribution in [1.29, 1.82) is 0 Å². The maximum atomic E-state index is 5.70. The number of rotatable bonds is 10. The van der Waals surface area contributed by atoms with E-state index in [1.165, 1.54) is 23.4 Å². The molecule has 2 rings (SSSR count). The number of nitrogens with zero attached hydrogens (tertiary/aromatic N) is 2. The molecule has 0 aromatic carbocycles. The van der Waals surface area contributed by atoms with E-state index in [2.05, 4.69) is 24.2 Å². The van der Waals surface area contributed by atoms with Gasteiger partial charge in [-0.2, -0.15) is 0 Å². The summed E-state index contributed by atoms with van der Waals surface area (Å²) in [6.45, 7) is 5.79. The van der Waals surface area contributed by atoms with E-state index >= 15 is 0 Å². The SMILES string of the molecule is CCCc1nc(N(C)CCOCC2CC2)sc1CNC. The highest BCUT2D eigenvalue weighted by molar-refractivity contribution is 7.15. The maximum absolute atomic E-state index is 5.70. The van der Waals surface area contributed by atoms with Crippen molar-refractivity contribution >= 4 is 16.5 Å². The second-order valence-corrected chi connectivity index (χ2v) is 6.65. The number of anilines is 1. The summed E-state index contributed by atoms with van der Waals surface area (Å²) in [5.41, 5.74) is 1.26. The molecule has 114 valence electrons. The molecule has 4 nitrogen and oxygen atoms in total. The number of aromatic nitrogens is 1. The van der Waals surface area contributed by atoms with Gasteiger partial charge in [0.2, 0.25) is 0 Å². The van der Waals surface area contributed by atoms with E-state index in [-0.39, 0.29) is 0 Å². The van der Waals surface area contributed by atoms with Crippen LogP contribution in [0.2, 0.25) is 0 Å². The average Bonchev–Trinajstić information content (AvgIpc) is 3.18. The molecule has 1 saturated carbocycles. The number of nitrogens with one attached hydrogen (secondary N) is 1. The van der Waals surface area contributed by atoms with E-state index in [1.54, 1.807) is 11.3 Å². The third-order valence-corrected chi connectivity index (χ3v) is 4.75. The van der Waals surface area contributed by atoms with Gasteiger partial charge in [-0.05, 0) is 32.2 Å². The van der Waals surface area contributed by atoms with Crippen molar-refractivity contribution in [2.24, 2.45) is 5.92 Å². The van der Waals surface area contributed by atoms with Crippen molar-refractivity contribution in [3.8, 4) is 0 Å². The Morgan fingerprint density at radius 1 is 1.45 bits per heavy atom. The molecule has 0 atom stereocenters. The first-order chi connectivity index (χ1) is 9.74. The zero-order chi connectivity index (χ0) is 14.4. The van der Waals surface area contributed by atoms with Gasteiger partial charge in [0.1, 0.15) is 0 Å². The third-order valence-electron chi connectivity index (χ3n) is 3.54. The predicted molar refractivity (Wildman–Crippen MR) is 85.7 cm³/mol. The van der Waals surface area contributed by atoms with Crippen LogP contribution in [0.15, 0.2) is 0 Å². The van der Waals surface area contributed by atoms with Gasteiger partial charge in [-0.25, -0.2) is 4.98 Å². The molecule has 1 aliphatic rings. The largest absolute Gasteiger partial charge is 0.379 e. The second-order valence-electron chi connectivity index (χ2n) is 5.59. The lowest BCUT2D eigenvalue weighted by molar-refractivity contribution is 0.131. The molecule has 0 saturated heterocycles. The highest BCUT2D eigenvalue weighted by atomic mass is 32.1. The first-order valence-electron chi connectivity index (χ1n) is 7.66. The summed E-state index contributed by atoms with van der Waals surface area (Å²) >= 11 is 1.81. The van der Waals surface area contributed by atoms with Gasteiger partial charge in [-0.1, -0.05) is 13.3 Å². The Hall–Kier alpha value is -0.650. The quantitative estimate of drug-likeness (QED) is 0.674. The molecule has 0 bridgehead atoms. The van der Waals surface area contributed by atoms with E-state index in [0.29, 0.717) is 0 Å². The van der Waals surface area contributed by atoms with Gasteiger partial charge < -0.3 is 15.0 Å². The van der Waals surface area contributed by atoms with E-state index in [9.17, 15) is 0 Å². The van der Waals surface area contributed by atoms with Gasteiger partial charge >= 0.3 is 0 Å². The van der Waals surface area contributed by atoms with E-state index in [4.69, 9.17) is 9.72 Å². The van der Waals surface area contributed by atoms with Gasteiger partial charge in [-0.15, -0.1) is 11.3 Å². The van der Waals surface area contributed by atoms with E-state index < -0.39 is 0 Å². The van der Waals surface area contributed by atoms with E-state index in [1.807, 2.05) is 7.05 Å². The zero-order valence-electron chi connectivity index (χ0n) is 12.9. The van der Waals surface area contributed by atoms with Gasteiger partial charge in [0.05, 0.1) is 12.3 Å². The van der Waals surface area contributed by atoms with Gasteiger partial charge in [0, 0.05) is 31.6 Å². The van der Waals surface area contributed by atoms with Gasteiger partial charge in [0.25, 0.3) is 0 Å². The summed E-state index contributed by atoms with van der Waals surface area (Å²) in [6.07, 6.45) is 4.93. The summed E-state index contributed by atoms with van der Waals surface area (Å²) in [6, 6.07) is 0. The molecule has 1 N–H and O–H groups in total. The Balaban J connectivity index is 1.83. The van der Waals surface area contributed by atoms with Crippen LogP contribution in [0.5, 0.6) is 0 Å². The predicted octanol–water partition coefficient (Wildman–Crippen LogP) is 2.68. The molecule has 5 heteroatoms. The molecule has 20 heavy (non-hydrogen) atoms. The summed E-state index contributed by atoms with van der Waals surface area (Å²) in [7, 11) is 4.10. The molecule has 1 aromatic rings. The minimum absolute atomic E-state index is 0.803. The van der Waals surface area contributed by atoms with Crippen LogP contribution in [0.25, 0.3) is 0 Å². The van der Waals surface area contributed by atoms with Gasteiger partial charge in [-0.3, -0.25) is 0 Å². The fourth-order valence-corrected chi connectivity index (χ4v) is 3.20. The number of aryl methyl sites for hydroxylation is 1. The van der Waals surface area contributed by atoms with Crippen LogP contribution >= 0.6 is 11.3 Å². The summed E-state index contributed by atoms with van der Waals surface area (Å²) in [5, 5.41) is 4.35. The maximum Gasteiger partial charge on any atom is 0.185 e. The molecule has 0 aliphatic heterocycles. The van der Waals surface area contributed by atoms with E-state index in [0.717, 1.165) is 50.2 Å².